The first-order valence-electron chi connectivity index (χ1n) is 7.43. The van der Waals surface area contributed by atoms with Gasteiger partial charge < -0.3 is 15.3 Å². The molecular weight excluding hydrogens is 228 g/mol. The van der Waals surface area contributed by atoms with E-state index in [1.165, 1.54) is 32.4 Å². The number of nitrogens with zero attached hydrogens (tertiary/aromatic N) is 1. The van der Waals surface area contributed by atoms with E-state index in [1.807, 2.05) is 0 Å². The third-order valence-electron chi connectivity index (χ3n) is 4.44. The molecule has 0 amide bonds. The van der Waals surface area contributed by atoms with Gasteiger partial charge in [-0.2, -0.15) is 0 Å². The zero-order valence-electron chi connectivity index (χ0n) is 11.2. The number of carboxylic acids is 1. The molecule has 4 heteroatoms. The molecule has 2 rings (SSSR count). The maximum absolute atomic E-state index is 11.2. The average molecular weight is 254 g/mol. The molecular formula is C14H26N2O2. The van der Waals surface area contributed by atoms with Crippen LogP contribution in [0.3, 0.4) is 0 Å². The molecule has 2 fully saturated rings. The predicted octanol–water partition coefficient (Wildman–Crippen LogP) is 1.56. The maximum Gasteiger partial charge on any atom is 0.306 e. The topological polar surface area (TPSA) is 52.6 Å². The number of carbonyl (C=O) groups is 1. The van der Waals surface area contributed by atoms with E-state index in [4.69, 9.17) is 0 Å². The van der Waals surface area contributed by atoms with Crippen molar-refractivity contribution < 1.29 is 9.90 Å². The Morgan fingerprint density at radius 1 is 1.17 bits per heavy atom. The zero-order chi connectivity index (χ0) is 12.8. The van der Waals surface area contributed by atoms with Crippen molar-refractivity contribution in [1.29, 1.82) is 0 Å². The number of likely N-dealkylation sites (tertiary alicyclic amines) is 1. The molecule has 0 spiro atoms. The minimum atomic E-state index is -0.596. The van der Waals surface area contributed by atoms with Gasteiger partial charge in [0.1, 0.15) is 0 Å². The number of carboxylic acid groups (broad SMARTS) is 1. The van der Waals surface area contributed by atoms with E-state index in [1.54, 1.807) is 0 Å². The van der Waals surface area contributed by atoms with E-state index in [0.29, 0.717) is 5.92 Å². The van der Waals surface area contributed by atoms with Crippen LogP contribution in [0.1, 0.15) is 38.5 Å². The Bertz CT molecular complexity index is 265. The monoisotopic (exact) mass is 254 g/mol. The summed E-state index contributed by atoms with van der Waals surface area (Å²) >= 11 is 0. The summed E-state index contributed by atoms with van der Waals surface area (Å²) in [5.74, 6) is -0.367. The van der Waals surface area contributed by atoms with Crippen molar-refractivity contribution in [3.63, 3.8) is 0 Å². The molecule has 2 aliphatic rings. The molecule has 2 atom stereocenters. The van der Waals surface area contributed by atoms with Crippen molar-refractivity contribution in [2.45, 2.75) is 38.5 Å². The Labute approximate surface area is 110 Å². The second-order valence-electron chi connectivity index (χ2n) is 5.74. The second kappa shape index (κ2) is 7.10. The van der Waals surface area contributed by atoms with E-state index in [0.717, 1.165) is 38.9 Å². The first-order chi connectivity index (χ1) is 8.77. The van der Waals surface area contributed by atoms with Crippen LogP contribution in [-0.2, 0) is 4.79 Å². The van der Waals surface area contributed by atoms with E-state index in [9.17, 15) is 9.90 Å². The molecule has 1 saturated carbocycles. The maximum atomic E-state index is 11.2. The summed E-state index contributed by atoms with van der Waals surface area (Å²) in [5.41, 5.74) is 0. The fraction of sp³-hybridized carbons (Fsp3) is 0.929. The largest absolute Gasteiger partial charge is 0.481 e. The lowest BCUT2D eigenvalue weighted by Crippen LogP contribution is -2.37. The first-order valence-corrected chi connectivity index (χ1v) is 7.43. The van der Waals surface area contributed by atoms with E-state index < -0.39 is 5.97 Å². The second-order valence-corrected chi connectivity index (χ2v) is 5.74. The first kappa shape index (κ1) is 13.8. The standard InChI is InChI=1S/C14H26N2O2/c17-14(18)13-6-2-1-5-12(13)11-15-7-10-16-8-3-4-9-16/h12-13,15H,1-11H2,(H,17,18). The quantitative estimate of drug-likeness (QED) is 0.706. The van der Waals surface area contributed by atoms with Crippen LogP contribution in [0.15, 0.2) is 0 Å². The molecule has 0 aromatic heterocycles. The third-order valence-corrected chi connectivity index (χ3v) is 4.44. The molecule has 1 saturated heterocycles. The highest BCUT2D eigenvalue weighted by Gasteiger charge is 2.30. The van der Waals surface area contributed by atoms with Crippen LogP contribution in [0, 0.1) is 11.8 Å². The van der Waals surface area contributed by atoms with Gasteiger partial charge in [-0.25, -0.2) is 0 Å². The van der Waals surface area contributed by atoms with Gasteiger partial charge in [0.25, 0.3) is 0 Å². The molecule has 4 nitrogen and oxygen atoms in total. The fourth-order valence-electron chi connectivity index (χ4n) is 3.31. The van der Waals surface area contributed by atoms with Gasteiger partial charge in [-0.3, -0.25) is 4.79 Å². The van der Waals surface area contributed by atoms with Gasteiger partial charge in [-0.1, -0.05) is 12.8 Å². The van der Waals surface area contributed by atoms with Crippen molar-refractivity contribution >= 4 is 5.97 Å². The lowest BCUT2D eigenvalue weighted by atomic mass is 9.79. The SMILES string of the molecule is O=C(O)C1CCCCC1CNCCN1CCCC1. The summed E-state index contributed by atoms with van der Waals surface area (Å²) in [4.78, 5) is 13.7. The van der Waals surface area contributed by atoms with Gasteiger partial charge in [0.15, 0.2) is 0 Å². The van der Waals surface area contributed by atoms with Crippen molar-refractivity contribution in [2.24, 2.45) is 11.8 Å². The summed E-state index contributed by atoms with van der Waals surface area (Å²) < 4.78 is 0. The summed E-state index contributed by atoms with van der Waals surface area (Å²) in [6.45, 7) is 5.48. The van der Waals surface area contributed by atoms with E-state index in [-0.39, 0.29) is 5.92 Å². The molecule has 2 unspecified atom stereocenters. The van der Waals surface area contributed by atoms with Gasteiger partial charge >= 0.3 is 5.97 Å². The minimum absolute atomic E-state index is 0.113. The highest BCUT2D eigenvalue weighted by atomic mass is 16.4. The van der Waals surface area contributed by atoms with Crippen molar-refractivity contribution in [2.75, 3.05) is 32.7 Å². The van der Waals surface area contributed by atoms with Crippen LogP contribution in [0.25, 0.3) is 0 Å². The number of aliphatic carboxylic acids is 1. The summed E-state index contributed by atoms with van der Waals surface area (Å²) in [6.07, 6.45) is 6.90. The summed E-state index contributed by atoms with van der Waals surface area (Å²) in [6, 6.07) is 0. The lowest BCUT2D eigenvalue weighted by Gasteiger charge is -2.29. The fourth-order valence-corrected chi connectivity index (χ4v) is 3.31. The molecule has 0 aromatic carbocycles. The molecule has 18 heavy (non-hydrogen) atoms. The van der Waals surface area contributed by atoms with Gasteiger partial charge in [0.05, 0.1) is 5.92 Å². The van der Waals surface area contributed by atoms with Gasteiger partial charge in [0.2, 0.25) is 0 Å². The van der Waals surface area contributed by atoms with Gasteiger partial charge in [-0.15, -0.1) is 0 Å². The van der Waals surface area contributed by atoms with Crippen LogP contribution in [-0.4, -0.2) is 48.7 Å². The molecule has 0 radical (unpaired) electrons. The Hall–Kier alpha value is -0.610. The molecule has 2 N–H and O–H groups in total. The molecule has 1 heterocycles. The van der Waals surface area contributed by atoms with Crippen molar-refractivity contribution in [3.05, 3.63) is 0 Å². The molecule has 104 valence electrons. The molecule has 0 bridgehead atoms. The van der Waals surface area contributed by atoms with Crippen LogP contribution < -0.4 is 5.32 Å². The van der Waals surface area contributed by atoms with Crippen molar-refractivity contribution in [3.8, 4) is 0 Å². The lowest BCUT2D eigenvalue weighted by molar-refractivity contribution is -0.144. The van der Waals surface area contributed by atoms with Crippen LogP contribution in [0.5, 0.6) is 0 Å². The van der Waals surface area contributed by atoms with Gasteiger partial charge in [-0.05, 0) is 51.2 Å². The predicted molar refractivity (Wildman–Crippen MR) is 71.6 cm³/mol. The van der Waals surface area contributed by atoms with Gasteiger partial charge in [0, 0.05) is 13.1 Å². The normalized spacial score (nSPS) is 29.6. The minimum Gasteiger partial charge on any atom is -0.481 e. The van der Waals surface area contributed by atoms with E-state index in [2.05, 4.69) is 10.2 Å². The highest BCUT2D eigenvalue weighted by molar-refractivity contribution is 5.70. The summed E-state index contributed by atoms with van der Waals surface area (Å²) in [5, 5.41) is 12.7. The van der Waals surface area contributed by atoms with Crippen LogP contribution >= 0.6 is 0 Å². The smallest absolute Gasteiger partial charge is 0.306 e. The van der Waals surface area contributed by atoms with Crippen LogP contribution in [0.2, 0.25) is 0 Å². The Morgan fingerprint density at radius 2 is 1.89 bits per heavy atom. The number of hydrogen-bond donors (Lipinski definition) is 2. The number of rotatable bonds is 6. The molecule has 0 aromatic rings. The zero-order valence-corrected chi connectivity index (χ0v) is 11.2. The Kier molecular flexibility index (Phi) is 5.45. The number of hydrogen-bond acceptors (Lipinski definition) is 3. The Balaban J connectivity index is 1.63. The average Bonchev–Trinajstić information content (AvgIpc) is 2.88. The van der Waals surface area contributed by atoms with Crippen LogP contribution in [0.4, 0.5) is 0 Å². The Morgan fingerprint density at radius 3 is 2.61 bits per heavy atom. The molecule has 1 aliphatic heterocycles. The highest BCUT2D eigenvalue weighted by Crippen LogP contribution is 2.29. The van der Waals surface area contributed by atoms with E-state index >= 15 is 0 Å². The molecule has 1 aliphatic carbocycles. The number of nitrogens with one attached hydrogen (secondary N) is 1. The third kappa shape index (κ3) is 3.95. The summed E-state index contributed by atoms with van der Waals surface area (Å²) in [7, 11) is 0. The van der Waals surface area contributed by atoms with Crippen molar-refractivity contribution in [1.82, 2.24) is 10.2 Å².